The van der Waals surface area contributed by atoms with Crippen molar-refractivity contribution in [2.24, 2.45) is 17.4 Å². The summed E-state index contributed by atoms with van der Waals surface area (Å²) in [6.45, 7) is 3.90. The van der Waals surface area contributed by atoms with Gasteiger partial charge < -0.3 is 11.5 Å². The van der Waals surface area contributed by atoms with Crippen molar-refractivity contribution in [3.63, 3.8) is 0 Å². The zero-order valence-corrected chi connectivity index (χ0v) is 8.56. The van der Waals surface area contributed by atoms with Crippen LogP contribution in [-0.4, -0.2) is 23.5 Å². The van der Waals surface area contributed by atoms with Crippen LogP contribution in [0.5, 0.6) is 0 Å². The molecule has 4 N–H and O–H groups in total. The van der Waals surface area contributed by atoms with Crippen molar-refractivity contribution in [1.29, 1.82) is 0 Å². The Bertz CT molecular complexity index is 141. The van der Waals surface area contributed by atoms with Gasteiger partial charge in [-0.1, -0.05) is 13.8 Å². The van der Waals surface area contributed by atoms with Crippen LogP contribution in [-0.2, 0) is 4.79 Å². The first-order valence-electron chi connectivity index (χ1n) is 4.20. The van der Waals surface area contributed by atoms with Gasteiger partial charge >= 0.3 is 0 Å². The number of amides is 1. The molecule has 0 aromatic carbocycles. The number of primary amides is 1. The Morgan fingerprint density at radius 2 is 2.08 bits per heavy atom. The summed E-state index contributed by atoms with van der Waals surface area (Å²) in [5.41, 5.74) is 10.8. The minimum Gasteiger partial charge on any atom is -0.369 e. The lowest BCUT2D eigenvalue weighted by Crippen LogP contribution is -2.25. The molecule has 0 spiro atoms. The Kier molecular flexibility index (Phi) is 6.20. The summed E-state index contributed by atoms with van der Waals surface area (Å²) < 4.78 is 0. The predicted octanol–water partition coefficient (Wildman–Crippen LogP) is 0.578. The Hall–Kier alpha value is -0.220. The van der Waals surface area contributed by atoms with Gasteiger partial charge in [0.25, 0.3) is 0 Å². The molecule has 0 saturated carbocycles. The highest BCUT2D eigenvalue weighted by atomic mass is 32.2. The summed E-state index contributed by atoms with van der Waals surface area (Å²) in [6.07, 6.45) is 0.984. The second kappa shape index (κ2) is 6.31. The highest BCUT2D eigenvalue weighted by Gasteiger charge is 2.08. The van der Waals surface area contributed by atoms with Gasteiger partial charge in [-0.15, -0.1) is 0 Å². The first kappa shape index (κ1) is 11.8. The number of hydrogen-bond donors (Lipinski definition) is 2. The molecule has 2 unspecified atom stereocenters. The number of hydrogen-bond acceptors (Lipinski definition) is 3. The molecule has 0 fully saturated rings. The van der Waals surface area contributed by atoms with Gasteiger partial charge in [-0.3, -0.25) is 4.79 Å². The minimum atomic E-state index is -0.229. The Labute approximate surface area is 78.3 Å². The molecule has 12 heavy (non-hydrogen) atoms. The molecule has 0 aliphatic carbocycles. The van der Waals surface area contributed by atoms with Crippen molar-refractivity contribution in [2.75, 3.05) is 11.5 Å². The Balaban J connectivity index is 3.37. The van der Waals surface area contributed by atoms with Gasteiger partial charge in [0, 0.05) is 23.5 Å². The first-order chi connectivity index (χ1) is 5.57. The average molecular weight is 190 g/mol. The fourth-order valence-corrected chi connectivity index (χ4v) is 1.79. The number of carbonyl (C=O) groups excluding carboxylic acids is 1. The largest absolute Gasteiger partial charge is 0.369 e. The lowest BCUT2D eigenvalue weighted by molar-refractivity contribution is -0.120. The number of rotatable bonds is 6. The van der Waals surface area contributed by atoms with E-state index in [0.29, 0.717) is 0 Å². The molecule has 1 amide bonds. The van der Waals surface area contributed by atoms with Crippen molar-refractivity contribution in [3.05, 3.63) is 0 Å². The summed E-state index contributed by atoms with van der Waals surface area (Å²) in [7, 11) is 0. The summed E-state index contributed by atoms with van der Waals surface area (Å²) in [5, 5.41) is 0. The predicted molar refractivity (Wildman–Crippen MR) is 53.9 cm³/mol. The van der Waals surface area contributed by atoms with Crippen LogP contribution in [0.2, 0.25) is 0 Å². The van der Waals surface area contributed by atoms with Crippen molar-refractivity contribution in [3.8, 4) is 0 Å². The molecule has 0 aromatic heterocycles. The van der Waals surface area contributed by atoms with Gasteiger partial charge in [-0.2, -0.15) is 11.8 Å². The Morgan fingerprint density at radius 1 is 1.50 bits per heavy atom. The van der Waals surface area contributed by atoms with Crippen LogP contribution in [0.3, 0.4) is 0 Å². The maximum absolute atomic E-state index is 10.6. The Morgan fingerprint density at radius 3 is 2.50 bits per heavy atom. The van der Waals surface area contributed by atoms with E-state index in [-0.39, 0.29) is 17.9 Å². The molecule has 0 aromatic rings. The van der Waals surface area contributed by atoms with E-state index in [4.69, 9.17) is 11.5 Å². The van der Waals surface area contributed by atoms with Crippen LogP contribution in [0.25, 0.3) is 0 Å². The van der Waals surface area contributed by atoms with Crippen LogP contribution in [0.1, 0.15) is 20.3 Å². The molecule has 2 atom stereocenters. The molecule has 0 aliphatic heterocycles. The molecule has 0 rings (SSSR count). The van der Waals surface area contributed by atoms with Crippen LogP contribution in [0, 0.1) is 5.92 Å². The van der Waals surface area contributed by atoms with E-state index in [0.717, 1.165) is 17.9 Å². The van der Waals surface area contributed by atoms with E-state index < -0.39 is 0 Å². The van der Waals surface area contributed by atoms with Gasteiger partial charge in [0.2, 0.25) is 5.91 Å². The lowest BCUT2D eigenvalue weighted by atomic mass is 10.2. The highest BCUT2D eigenvalue weighted by Crippen LogP contribution is 2.09. The van der Waals surface area contributed by atoms with Gasteiger partial charge in [-0.05, 0) is 6.42 Å². The van der Waals surface area contributed by atoms with E-state index in [1.54, 1.807) is 11.8 Å². The highest BCUT2D eigenvalue weighted by molar-refractivity contribution is 7.99. The quantitative estimate of drug-likeness (QED) is 0.643. The third kappa shape index (κ3) is 5.43. The van der Waals surface area contributed by atoms with E-state index in [1.807, 2.05) is 6.92 Å². The second-order valence-electron chi connectivity index (χ2n) is 3.01. The molecular weight excluding hydrogens is 172 g/mol. The standard InChI is InChI=1S/C8H18N2OS/c1-3-7(9)5-12-4-6(2)8(10)11/h6-7H,3-5,9H2,1-2H3,(H2,10,11). The maximum atomic E-state index is 10.6. The number of nitrogens with two attached hydrogens (primary N) is 2. The minimum absolute atomic E-state index is 0.0425. The second-order valence-corrected chi connectivity index (χ2v) is 4.08. The van der Waals surface area contributed by atoms with Crippen LogP contribution in [0.4, 0.5) is 0 Å². The zero-order chi connectivity index (χ0) is 9.56. The molecule has 3 nitrogen and oxygen atoms in total. The van der Waals surface area contributed by atoms with Crippen molar-refractivity contribution >= 4 is 17.7 Å². The molecule has 0 aliphatic rings. The summed E-state index contributed by atoms with van der Waals surface area (Å²) in [5.74, 6) is 1.42. The fraction of sp³-hybridized carbons (Fsp3) is 0.875. The molecular formula is C8H18N2OS. The molecule has 72 valence electrons. The molecule has 0 bridgehead atoms. The van der Waals surface area contributed by atoms with Gasteiger partial charge in [0.05, 0.1) is 0 Å². The normalized spacial score (nSPS) is 15.6. The van der Waals surface area contributed by atoms with Crippen molar-refractivity contribution < 1.29 is 4.79 Å². The molecule has 0 heterocycles. The summed E-state index contributed by atoms with van der Waals surface area (Å²) in [4.78, 5) is 10.6. The van der Waals surface area contributed by atoms with E-state index in [9.17, 15) is 4.79 Å². The van der Waals surface area contributed by atoms with Crippen LogP contribution < -0.4 is 11.5 Å². The van der Waals surface area contributed by atoms with Crippen molar-refractivity contribution in [2.45, 2.75) is 26.3 Å². The molecule has 0 radical (unpaired) electrons. The summed E-state index contributed by atoms with van der Waals surface area (Å²) >= 11 is 1.70. The van der Waals surface area contributed by atoms with Gasteiger partial charge in [0.15, 0.2) is 0 Å². The van der Waals surface area contributed by atoms with Gasteiger partial charge in [-0.25, -0.2) is 0 Å². The third-order valence-corrected chi connectivity index (χ3v) is 3.11. The van der Waals surface area contributed by atoms with Crippen molar-refractivity contribution in [1.82, 2.24) is 0 Å². The van der Waals surface area contributed by atoms with Crippen LogP contribution >= 0.6 is 11.8 Å². The lowest BCUT2D eigenvalue weighted by Gasteiger charge is -2.10. The third-order valence-electron chi connectivity index (χ3n) is 1.71. The molecule has 0 saturated heterocycles. The molecule has 4 heteroatoms. The number of thioether (sulfide) groups is 1. The topological polar surface area (TPSA) is 69.1 Å². The van der Waals surface area contributed by atoms with E-state index >= 15 is 0 Å². The van der Waals surface area contributed by atoms with E-state index in [2.05, 4.69) is 6.92 Å². The van der Waals surface area contributed by atoms with Gasteiger partial charge in [0.1, 0.15) is 0 Å². The SMILES string of the molecule is CCC(N)CSCC(C)C(N)=O. The smallest absolute Gasteiger partial charge is 0.221 e. The first-order valence-corrected chi connectivity index (χ1v) is 5.36. The zero-order valence-electron chi connectivity index (χ0n) is 7.75. The monoisotopic (exact) mass is 190 g/mol. The fourth-order valence-electron chi connectivity index (χ4n) is 0.596. The average Bonchev–Trinajstić information content (AvgIpc) is 2.03. The maximum Gasteiger partial charge on any atom is 0.221 e. The van der Waals surface area contributed by atoms with E-state index in [1.165, 1.54) is 0 Å². The van der Waals surface area contributed by atoms with Crippen LogP contribution in [0.15, 0.2) is 0 Å². The summed E-state index contributed by atoms with van der Waals surface area (Å²) in [6, 6.07) is 0.245. The number of carbonyl (C=O) groups is 1.